The van der Waals surface area contributed by atoms with Crippen LogP contribution in [0.4, 0.5) is 0 Å². The van der Waals surface area contributed by atoms with Gasteiger partial charge in [-0.25, -0.2) is 0 Å². The van der Waals surface area contributed by atoms with Gasteiger partial charge >= 0.3 is 0 Å². The zero-order valence-electron chi connectivity index (χ0n) is 14.2. The molecule has 3 heteroatoms. The third kappa shape index (κ3) is 2.28. The van der Waals surface area contributed by atoms with E-state index < -0.39 is 0 Å². The molecule has 3 aliphatic rings. The minimum absolute atomic E-state index is 0.0851. The van der Waals surface area contributed by atoms with E-state index in [9.17, 15) is 4.79 Å². The largest absolute Gasteiger partial charge is 0.497 e. The van der Waals surface area contributed by atoms with Gasteiger partial charge in [-0.2, -0.15) is 0 Å². The summed E-state index contributed by atoms with van der Waals surface area (Å²) in [5.41, 5.74) is 8.96. The minimum Gasteiger partial charge on any atom is -0.497 e. The van der Waals surface area contributed by atoms with Crippen molar-refractivity contribution in [2.75, 3.05) is 7.11 Å². The van der Waals surface area contributed by atoms with Gasteiger partial charge < -0.3 is 10.5 Å². The fourth-order valence-electron chi connectivity index (χ4n) is 5.96. The van der Waals surface area contributed by atoms with Crippen LogP contribution in [0.15, 0.2) is 18.2 Å². The molecule has 124 valence electrons. The van der Waals surface area contributed by atoms with Crippen LogP contribution in [0.2, 0.25) is 0 Å². The monoisotopic (exact) mass is 313 g/mol. The van der Waals surface area contributed by atoms with Gasteiger partial charge in [0.05, 0.1) is 7.11 Å². The summed E-state index contributed by atoms with van der Waals surface area (Å²) in [6.45, 7) is 2.40. The Labute approximate surface area is 138 Å². The lowest BCUT2D eigenvalue weighted by atomic mass is 9.56. The summed E-state index contributed by atoms with van der Waals surface area (Å²) in [5.74, 6) is 3.03. The van der Waals surface area contributed by atoms with Crippen molar-refractivity contribution in [1.82, 2.24) is 0 Å². The fourth-order valence-corrected chi connectivity index (χ4v) is 5.96. The van der Waals surface area contributed by atoms with Crippen LogP contribution >= 0.6 is 0 Å². The van der Waals surface area contributed by atoms with Crippen molar-refractivity contribution in [3.63, 3.8) is 0 Å². The van der Waals surface area contributed by atoms with Gasteiger partial charge in [-0.3, -0.25) is 4.79 Å². The van der Waals surface area contributed by atoms with E-state index in [1.54, 1.807) is 7.11 Å². The highest BCUT2D eigenvalue weighted by atomic mass is 16.5. The summed E-state index contributed by atoms with van der Waals surface area (Å²) >= 11 is 0. The van der Waals surface area contributed by atoms with Gasteiger partial charge in [0.25, 0.3) is 0 Å². The molecule has 1 unspecified atom stereocenters. The third-order valence-electron chi connectivity index (χ3n) is 7.11. The van der Waals surface area contributed by atoms with Crippen LogP contribution in [0.1, 0.15) is 56.1 Å². The second-order valence-electron chi connectivity index (χ2n) is 8.21. The smallest absolute Gasteiger partial charge is 0.220 e. The predicted molar refractivity (Wildman–Crippen MR) is 90.3 cm³/mol. The van der Waals surface area contributed by atoms with Crippen molar-refractivity contribution in [3.8, 4) is 5.75 Å². The first kappa shape index (κ1) is 15.0. The number of nitrogens with two attached hydrogens (primary N) is 1. The molecule has 2 N–H and O–H groups in total. The number of rotatable bonds is 2. The number of amides is 1. The van der Waals surface area contributed by atoms with Gasteiger partial charge in [0.15, 0.2) is 0 Å². The molecule has 0 heterocycles. The van der Waals surface area contributed by atoms with E-state index in [0.717, 1.165) is 30.9 Å². The second-order valence-corrected chi connectivity index (χ2v) is 8.21. The van der Waals surface area contributed by atoms with Crippen LogP contribution in [0, 0.1) is 23.2 Å². The summed E-state index contributed by atoms with van der Waals surface area (Å²) in [4.78, 5) is 11.7. The van der Waals surface area contributed by atoms with Crippen LogP contribution in [0.25, 0.3) is 0 Å². The van der Waals surface area contributed by atoms with E-state index in [4.69, 9.17) is 10.5 Å². The number of carbonyl (C=O) groups is 1. The van der Waals surface area contributed by atoms with Gasteiger partial charge in [0, 0.05) is 5.92 Å². The van der Waals surface area contributed by atoms with Crippen LogP contribution in [0.3, 0.4) is 0 Å². The summed E-state index contributed by atoms with van der Waals surface area (Å²) < 4.78 is 5.39. The number of hydrogen-bond donors (Lipinski definition) is 1. The van der Waals surface area contributed by atoms with Crippen molar-refractivity contribution in [2.45, 2.75) is 51.4 Å². The molecule has 1 amide bonds. The molecular formula is C20H27NO2. The topological polar surface area (TPSA) is 52.3 Å². The highest BCUT2D eigenvalue weighted by Gasteiger charge is 2.53. The van der Waals surface area contributed by atoms with Crippen molar-refractivity contribution >= 4 is 5.91 Å². The Hall–Kier alpha value is -1.51. The first-order valence-electron chi connectivity index (χ1n) is 8.98. The Morgan fingerprint density at radius 3 is 2.91 bits per heavy atom. The Balaban J connectivity index is 1.65. The number of methoxy groups -OCH3 is 1. The second kappa shape index (κ2) is 5.25. The van der Waals surface area contributed by atoms with Crippen molar-refractivity contribution in [2.24, 2.45) is 28.9 Å². The van der Waals surface area contributed by atoms with E-state index in [-0.39, 0.29) is 11.8 Å². The van der Waals surface area contributed by atoms with Crippen LogP contribution in [-0.4, -0.2) is 13.0 Å². The Kier molecular flexibility index (Phi) is 3.44. The maximum atomic E-state index is 11.7. The number of hydrogen-bond acceptors (Lipinski definition) is 2. The maximum Gasteiger partial charge on any atom is 0.220 e. The molecule has 2 saturated carbocycles. The molecule has 5 atom stereocenters. The summed E-state index contributed by atoms with van der Waals surface area (Å²) in [6.07, 6.45) is 6.89. The first-order chi connectivity index (χ1) is 11.0. The average Bonchev–Trinajstić information content (AvgIpc) is 2.92. The van der Waals surface area contributed by atoms with E-state index in [2.05, 4.69) is 25.1 Å². The quantitative estimate of drug-likeness (QED) is 0.906. The van der Waals surface area contributed by atoms with E-state index in [1.165, 1.54) is 30.4 Å². The normalized spacial score (nSPS) is 38.3. The number of ether oxygens (including phenoxy) is 1. The molecule has 2 fully saturated rings. The number of fused-ring (bicyclic) bond motifs is 5. The predicted octanol–water partition coefficient (Wildman–Crippen LogP) is 3.65. The van der Waals surface area contributed by atoms with E-state index in [0.29, 0.717) is 17.3 Å². The molecule has 23 heavy (non-hydrogen) atoms. The molecule has 1 aromatic carbocycles. The number of carbonyl (C=O) groups excluding carboxylic acids is 1. The van der Waals surface area contributed by atoms with Crippen molar-refractivity contribution in [1.29, 1.82) is 0 Å². The molecule has 0 bridgehead atoms. The van der Waals surface area contributed by atoms with Crippen molar-refractivity contribution in [3.05, 3.63) is 29.3 Å². The lowest BCUT2D eigenvalue weighted by molar-refractivity contribution is -0.121. The third-order valence-corrected chi connectivity index (χ3v) is 7.11. The summed E-state index contributed by atoms with van der Waals surface area (Å²) in [6, 6.07) is 6.62. The van der Waals surface area contributed by atoms with Gasteiger partial charge in [0.1, 0.15) is 5.75 Å². The van der Waals surface area contributed by atoms with Gasteiger partial charge in [0.2, 0.25) is 5.91 Å². The standard InChI is InChI=1S/C20H27NO2/c1-20-8-7-16-15-6-4-14(23-2)9-12(15)3-5-17(16)18(20)10-13(11-20)19(21)22/h4,6,9,13,16-18H,3,5,7-8,10-11H2,1-2H3,(H2,21,22)/t13?,16-,17-,18+,20-/m1/s1. The number of aryl methyl sites for hydroxylation is 1. The summed E-state index contributed by atoms with van der Waals surface area (Å²) in [7, 11) is 1.74. The zero-order valence-corrected chi connectivity index (χ0v) is 14.2. The van der Waals surface area contributed by atoms with Gasteiger partial charge in [-0.15, -0.1) is 0 Å². The van der Waals surface area contributed by atoms with Gasteiger partial charge in [-0.05, 0) is 85.0 Å². The van der Waals surface area contributed by atoms with Crippen LogP contribution < -0.4 is 10.5 Å². The first-order valence-corrected chi connectivity index (χ1v) is 8.98. The van der Waals surface area contributed by atoms with Gasteiger partial charge in [-0.1, -0.05) is 13.0 Å². The Bertz CT molecular complexity index is 641. The lowest BCUT2D eigenvalue weighted by Crippen LogP contribution is -2.39. The molecular weight excluding hydrogens is 286 g/mol. The molecule has 0 aliphatic heterocycles. The number of primary amides is 1. The summed E-state index contributed by atoms with van der Waals surface area (Å²) in [5, 5.41) is 0. The minimum atomic E-state index is -0.0851. The molecule has 0 saturated heterocycles. The van der Waals surface area contributed by atoms with E-state index >= 15 is 0 Å². The maximum absolute atomic E-state index is 11.7. The molecule has 0 radical (unpaired) electrons. The lowest BCUT2D eigenvalue weighted by Gasteiger charge is -2.49. The molecule has 4 rings (SSSR count). The molecule has 3 nitrogen and oxygen atoms in total. The van der Waals surface area contributed by atoms with Crippen molar-refractivity contribution < 1.29 is 9.53 Å². The van der Waals surface area contributed by atoms with Crippen LogP contribution in [0.5, 0.6) is 5.75 Å². The van der Waals surface area contributed by atoms with Crippen LogP contribution in [-0.2, 0) is 11.2 Å². The SMILES string of the molecule is COc1ccc2c(c1)CC[C@@H]1[C@@H]2CC[C@]2(C)CC(C(N)=O)C[C@@H]12. The molecule has 0 spiro atoms. The molecule has 0 aromatic heterocycles. The Morgan fingerprint density at radius 2 is 2.17 bits per heavy atom. The fraction of sp³-hybridized carbons (Fsp3) is 0.650. The average molecular weight is 313 g/mol. The highest BCUT2D eigenvalue weighted by molar-refractivity contribution is 5.77. The molecule has 1 aromatic rings. The number of benzene rings is 1. The highest BCUT2D eigenvalue weighted by Crippen LogP contribution is 2.62. The van der Waals surface area contributed by atoms with E-state index in [1.807, 2.05) is 0 Å². The zero-order chi connectivity index (χ0) is 16.2. The molecule has 3 aliphatic carbocycles. The Morgan fingerprint density at radius 1 is 1.35 bits per heavy atom.